The molecule has 0 spiro atoms. The Balaban J connectivity index is 3.42. The standard InChI is InChI=1S/C16H35N3OSi2/c1-15(2,3)21(8,9)17-14-18(7)12-13(20)19(14)22(10,11)16(4,5)6/h12H2,1-11H3. The third kappa shape index (κ3) is 3.32. The van der Waals surface area contributed by atoms with Crippen LogP contribution in [0.25, 0.3) is 0 Å². The number of amides is 1. The van der Waals surface area contributed by atoms with Gasteiger partial charge in [-0.1, -0.05) is 54.6 Å². The van der Waals surface area contributed by atoms with Crippen molar-refractivity contribution in [1.82, 2.24) is 9.47 Å². The molecule has 0 radical (unpaired) electrons. The van der Waals surface area contributed by atoms with Crippen LogP contribution in [0.1, 0.15) is 41.5 Å². The summed E-state index contributed by atoms with van der Waals surface area (Å²) in [5.74, 6) is 1.13. The van der Waals surface area contributed by atoms with Crippen molar-refractivity contribution >= 4 is 28.3 Å². The molecule has 1 rings (SSSR count). The number of rotatable bonds is 2. The van der Waals surface area contributed by atoms with Gasteiger partial charge in [-0.05, 0) is 23.2 Å². The lowest BCUT2D eigenvalue weighted by atomic mass is 10.2. The summed E-state index contributed by atoms with van der Waals surface area (Å²) in [6, 6.07) is 0. The Labute approximate surface area is 139 Å². The molecule has 0 aromatic carbocycles. The Hall–Kier alpha value is -0.626. The lowest BCUT2D eigenvalue weighted by Gasteiger charge is -2.44. The zero-order valence-electron chi connectivity index (χ0n) is 16.5. The quantitative estimate of drug-likeness (QED) is 0.708. The van der Waals surface area contributed by atoms with E-state index in [2.05, 4.69) is 72.3 Å². The summed E-state index contributed by atoms with van der Waals surface area (Å²) in [5.41, 5.74) is 0. The van der Waals surface area contributed by atoms with E-state index in [4.69, 9.17) is 4.66 Å². The van der Waals surface area contributed by atoms with Crippen LogP contribution in [-0.2, 0) is 4.79 Å². The molecule has 0 aliphatic carbocycles. The summed E-state index contributed by atoms with van der Waals surface area (Å²) in [7, 11) is -1.81. The van der Waals surface area contributed by atoms with Crippen LogP contribution in [0.2, 0.25) is 36.3 Å². The molecular weight excluding hydrogens is 306 g/mol. The van der Waals surface area contributed by atoms with Crippen molar-refractivity contribution in [3.8, 4) is 0 Å². The van der Waals surface area contributed by atoms with Gasteiger partial charge in [0, 0.05) is 7.05 Å². The van der Waals surface area contributed by atoms with Gasteiger partial charge in [0.15, 0.2) is 22.4 Å². The Bertz CT molecular complexity index is 485. The van der Waals surface area contributed by atoms with Crippen molar-refractivity contribution in [2.24, 2.45) is 4.66 Å². The van der Waals surface area contributed by atoms with Crippen LogP contribution in [0.3, 0.4) is 0 Å². The molecule has 6 heteroatoms. The Morgan fingerprint density at radius 3 is 1.77 bits per heavy atom. The van der Waals surface area contributed by atoms with Crippen LogP contribution < -0.4 is 0 Å². The van der Waals surface area contributed by atoms with E-state index >= 15 is 0 Å². The first-order valence-corrected chi connectivity index (χ1v) is 14.1. The molecule has 1 heterocycles. The van der Waals surface area contributed by atoms with Crippen LogP contribution in [0, 0.1) is 0 Å². The van der Waals surface area contributed by atoms with E-state index in [1.165, 1.54) is 0 Å². The van der Waals surface area contributed by atoms with Gasteiger partial charge in [-0.2, -0.15) is 0 Å². The lowest BCUT2D eigenvalue weighted by molar-refractivity contribution is -0.122. The highest BCUT2D eigenvalue weighted by molar-refractivity contribution is 6.83. The molecular formula is C16H35N3OSi2. The summed E-state index contributed by atoms with van der Waals surface area (Å²) in [5, 5.41) is 0.285. The van der Waals surface area contributed by atoms with E-state index in [0.29, 0.717) is 6.54 Å². The smallest absolute Gasteiger partial charge is 0.240 e. The average molecular weight is 342 g/mol. The van der Waals surface area contributed by atoms with E-state index in [0.717, 1.165) is 5.96 Å². The normalized spacial score (nSPS) is 20.3. The molecule has 1 fully saturated rings. The van der Waals surface area contributed by atoms with Gasteiger partial charge >= 0.3 is 0 Å². The van der Waals surface area contributed by atoms with Crippen molar-refractivity contribution in [2.45, 2.75) is 77.8 Å². The van der Waals surface area contributed by atoms with Crippen LogP contribution in [0.15, 0.2) is 4.66 Å². The highest BCUT2D eigenvalue weighted by Gasteiger charge is 2.50. The maximum Gasteiger partial charge on any atom is 0.240 e. The molecule has 1 amide bonds. The molecule has 1 aliphatic heterocycles. The third-order valence-corrected chi connectivity index (χ3v) is 15.4. The minimum absolute atomic E-state index is 0.113. The highest BCUT2D eigenvalue weighted by atomic mass is 28.3. The Morgan fingerprint density at radius 2 is 1.41 bits per heavy atom. The topological polar surface area (TPSA) is 35.9 Å². The van der Waals surface area contributed by atoms with E-state index in [1.807, 2.05) is 11.9 Å². The van der Waals surface area contributed by atoms with Crippen LogP contribution >= 0.6 is 0 Å². The first-order valence-electron chi connectivity index (χ1n) is 8.16. The molecule has 1 aliphatic rings. The molecule has 0 aromatic rings. The van der Waals surface area contributed by atoms with Gasteiger partial charge in [-0.25, -0.2) is 0 Å². The fraction of sp³-hybridized carbons (Fsp3) is 0.875. The number of carbonyl (C=O) groups is 1. The number of hydrogen-bond donors (Lipinski definition) is 0. The molecule has 0 unspecified atom stereocenters. The van der Waals surface area contributed by atoms with E-state index in [-0.39, 0.29) is 16.0 Å². The first kappa shape index (κ1) is 19.4. The van der Waals surface area contributed by atoms with E-state index in [9.17, 15) is 4.79 Å². The van der Waals surface area contributed by atoms with Crippen LogP contribution in [0.4, 0.5) is 0 Å². The van der Waals surface area contributed by atoms with E-state index < -0.39 is 16.5 Å². The zero-order valence-corrected chi connectivity index (χ0v) is 18.5. The number of guanidine groups is 1. The van der Waals surface area contributed by atoms with Gasteiger partial charge in [0.05, 0.1) is 6.54 Å². The lowest BCUT2D eigenvalue weighted by Crippen LogP contribution is -2.59. The highest BCUT2D eigenvalue weighted by Crippen LogP contribution is 2.41. The predicted molar refractivity (Wildman–Crippen MR) is 101 cm³/mol. The van der Waals surface area contributed by atoms with Gasteiger partial charge in [-0.3, -0.25) is 9.45 Å². The Kier molecular flexibility index (Phi) is 4.83. The second-order valence-corrected chi connectivity index (χ2v) is 19.5. The maximum atomic E-state index is 12.7. The first-order chi connectivity index (χ1) is 9.52. The molecule has 22 heavy (non-hydrogen) atoms. The number of nitrogens with zero attached hydrogens (tertiary/aromatic N) is 3. The largest absolute Gasteiger partial charge is 0.338 e. The molecule has 0 N–H and O–H groups in total. The van der Waals surface area contributed by atoms with Crippen molar-refractivity contribution in [3.63, 3.8) is 0 Å². The van der Waals surface area contributed by atoms with Gasteiger partial charge in [0.2, 0.25) is 5.91 Å². The fourth-order valence-electron chi connectivity index (χ4n) is 2.08. The second-order valence-electron chi connectivity index (χ2n) is 9.62. The predicted octanol–water partition coefficient (Wildman–Crippen LogP) is 4.13. The maximum absolute atomic E-state index is 12.7. The molecule has 128 valence electrons. The number of likely N-dealkylation sites (N-methyl/N-ethyl adjacent to an activating group) is 1. The molecule has 0 saturated carbocycles. The average Bonchev–Trinajstić information content (AvgIpc) is 2.49. The van der Waals surface area contributed by atoms with Crippen molar-refractivity contribution < 1.29 is 4.79 Å². The monoisotopic (exact) mass is 341 g/mol. The van der Waals surface area contributed by atoms with Crippen molar-refractivity contribution in [2.75, 3.05) is 13.6 Å². The summed E-state index contributed by atoms with van der Waals surface area (Å²) in [4.78, 5) is 14.7. The summed E-state index contributed by atoms with van der Waals surface area (Å²) < 4.78 is 7.27. The third-order valence-electron chi connectivity index (χ3n) is 5.77. The second kappa shape index (κ2) is 5.47. The van der Waals surface area contributed by atoms with Gasteiger partial charge in [-0.15, -0.1) is 0 Å². The fourth-order valence-corrected chi connectivity index (χ4v) is 5.37. The minimum Gasteiger partial charge on any atom is -0.338 e. The molecule has 1 saturated heterocycles. The summed E-state index contributed by atoms with van der Waals surface area (Å²) in [6.45, 7) is 23.1. The number of carbonyl (C=O) groups excluding carboxylic acids is 1. The van der Waals surface area contributed by atoms with Crippen molar-refractivity contribution in [1.29, 1.82) is 0 Å². The minimum atomic E-state index is -1.97. The SMILES string of the molecule is CN1CC(=O)N([Si](C)(C)C(C)(C)C)C1=N[Si](C)(C)C(C)(C)C. The van der Waals surface area contributed by atoms with Crippen LogP contribution in [-0.4, -0.2) is 51.4 Å². The molecule has 0 atom stereocenters. The summed E-state index contributed by atoms with van der Waals surface area (Å²) >= 11 is 0. The van der Waals surface area contributed by atoms with E-state index in [1.54, 1.807) is 0 Å². The number of hydrogen-bond acceptors (Lipinski definition) is 2. The zero-order chi connectivity index (χ0) is 17.7. The van der Waals surface area contributed by atoms with Crippen molar-refractivity contribution in [3.05, 3.63) is 0 Å². The molecule has 4 nitrogen and oxygen atoms in total. The van der Waals surface area contributed by atoms with Gasteiger partial charge in [0.25, 0.3) is 0 Å². The molecule has 0 aromatic heterocycles. The Morgan fingerprint density at radius 1 is 0.955 bits per heavy atom. The summed E-state index contributed by atoms with van der Waals surface area (Å²) in [6.07, 6.45) is 0. The van der Waals surface area contributed by atoms with Gasteiger partial charge in [0.1, 0.15) is 0 Å². The molecule has 0 bridgehead atoms. The van der Waals surface area contributed by atoms with Crippen LogP contribution in [0.5, 0.6) is 0 Å². The van der Waals surface area contributed by atoms with Gasteiger partial charge < -0.3 is 9.47 Å².